The van der Waals surface area contributed by atoms with Crippen LogP contribution in [0.2, 0.25) is 0 Å². The van der Waals surface area contributed by atoms with E-state index in [0.29, 0.717) is 0 Å². The second-order valence-electron chi connectivity index (χ2n) is 3.63. The first-order valence-electron chi connectivity index (χ1n) is 3.43. The molecule has 70 valence electrons. The van der Waals surface area contributed by atoms with Crippen LogP contribution >= 0.6 is 15.4 Å². The van der Waals surface area contributed by atoms with Gasteiger partial charge in [0.05, 0.1) is 10.3 Å². The van der Waals surface area contributed by atoms with E-state index in [1.54, 1.807) is 0 Å². The smallest absolute Gasteiger partial charge is 0.237 e. The predicted octanol–water partition coefficient (Wildman–Crippen LogP) is 2.89. The van der Waals surface area contributed by atoms with Crippen LogP contribution in [0, 0.1) is 0 Å². The van der Waals surface area contributed by atoms with Crippen molar-refractivity contribution >= 4 is 15.4 Å². The molecule has 0 saturated carbocycles. The Morgan fingerprint density at radius 1 is 0.667 bits per heavy atom. The van der Waals surface area contributed by atoms with Crippen molar-refractivity contribution in [2.24, 2.45) is 0 Å². The van der Waals surface area contributed by atoms with Crippen molar-refractivity contribution in [3.05, 3.63) is 0 Å². The molecule has 4 nitrogen and oxygen atoms in total. The van der Waals surface area contributed by atoms with Crippen molar-refractivity contribution in [1.29, 1.82) is 0 Å². The molecule has 0 aromatic rings. The van der Waals surface area contributed by atoms with Gasteiger partial charge in [-0.3, -0.25) is 0 Å². The highest BCUT2D eigenvalue weighted by Crippen LogP contribution is 2.48. The fraction of sp³-hybridized carbons (Fsp3) is 1.00. The Bertz CT molecular complexity index is 262. The molecule has 0 aliphatic heterocycles. The van der Waals surface area contributed by atoms with Gasteiger partial charge in [-0.25, -0.2) is 18.3 Å². The molecule has 6 heteroatoms. The van der Waals surface area contributed by atoms with Gasteiger partial charge >= 0.3 is 15.4 Å². The van der Waals surface area contributed by atoms with Gasteiger partial charge in [0.2, 0.25) is 0 Å². The van der Waals surface area contributed by atoms with E-state index >= 15 is 0 Å². The predicted molar refractivity (Wildman–Crippen MR) is 44.7 cm³/mol. The molecule has 0 fully saturated rings. The molecule has 0 amide bonds. The summed E-state index contributed by atoms with van der Waals surface area (Å²) in [5, 5.41) is -2.45. The van der Waals surface area contributed by atoms with Gasteiger partial charge in [0.25, 0.3) is 0 Å². The average molecular weight is 210 g/mol. The summed E-state index contributed by atoms with van der Waals surface area (Å²) >= 11 is 0. The van der Waals surface area contributed by atoms with E-state index in [1.165, 1.54) is 27.7 Å². The lowest BCUT2D eigenvalue weighted by atomic mass is 9.98. The van der Waals surface area contributed by atoms with Crippen LogP contribution in [0.5, 0.6) is 0 Å². The fourth-order valence-electron chi connectivity index (χ4n) is 0.447. The molecule has 0 bridgehead atoms. The maximum Gasteiger partial charge on any atom is 0.322 e. The SMILES string of the molecule is CC(C)(P(=O)=O)C(C)(C)P(=O)=O. The maximum absolute atomic E-state index is 10.7. The Hall–Kier alpha value is -0.200. The van der Waals surface area contributed by atoms with Gasteiger partial charge in [-0.2, -0.15) is 0 Å². The van der Waals surface area contributed by atoms with Crippen molar-refractivity contribution < 1.29 is 18.3 Å². The van der Waals surface area contributed by atoms with Gasteiger partial charge in [-0.1, -0.05) is 0 Å². The molecule has 0 unspecified atom stereocenters. The van der Waals surface area contributed by atoms with Crippen LogP contribution in [-0.2, 0) is 18.3 Å². The average Bonchev–Trinajstić information content (AvgIpc) is 1.86. The van der Waals surface area contributed by atoms with Crippen molar-refractivity contribution in [2.75, 3.05) is 0 Å². The second kappa shape index (κ2) is 3.27. The van der Waals surface area contributed by atoms with Gasteiger partial charge in [0, 0.05) is 0 Å². The summed E-state index contributed by atoms with van der Waals surface area (Å²) < 4.78 is 43.0. The minimum Gasteiger partial charge on any atom is -0.237 e. The van der Waals surface area contributed by atoms with Crippen LogP contribution in [0.3, 0.4) is 0 Å². The lowest BCUT2D eigenvalue weighted by molar-refractivity contribution is 0.417. The quantitative estimate of drug-likeness (QED) is 0.671. The first kappa shape index (κ1) is 11.8. The summed E-state index contributed by atoms with van der Waals surface area (Å²) in [5.74, 6) is 0. The topological polar surface area (TPSA) is 68.3 Å². The van der Waals surface area contributed by atoms with Crippen LogP contribution < -0.4 is 0 Å². The Balaban J connectivity index is 5.30. The van der Waals surface area contributed by atoms with E-state index in [2.05, 4.69) is 0 Å². The van der Waals surface area contributed by atoms with Crippen LogP contribution in [0.15, 0.2) is 0 Å². The van der Waals surface area contributed by atoms with Gasteiger partial charge in [-0.15, -0.1) is 0 Å². The number of hydrogen-bond donors (Lipinski definition) is 0. The van der Waals surface area contributed by atoms with Crippen molar-refractivity contribution in [3.63, 3.8) is 0 Å². The standard InChI is InChI=1S/C6H12O4P2/c1-5(2,11(7)8)6(3,4)12(9)10/h1-4H3. The Kier molecular flexibility index (Phi) is 3.22. The molecule has 0 radical (unpaired) electrons. The lowest BCUT2D eigenvalue weighted by Crippen LogP contribution is -2.36. The monoisotopic (exact) mass is 210 g/mol. The molecule has 12 heavy (non-hydrogen) atoms. The molecule has 0 rings (SSSR count). The van der Waals surface area contributed by atoms with Crippen LogP contribution in [0.1, 0.15) is 27.7 Å². The van der Waals surface area contributed by atoms with Crippen LogP contribution in [0.25, 0.3) is 0 Å². The Morgan fingerprint density at radius 3 is 0.917 bits per heavy atom. The van der Waals surface area contributed by atoms with E-state index in [4.69, 9.17) is 0 Å². The van der Waals surface area contributed by atoms with Crippen molar-refractivity contribution in [2.45, 2.75) is 38.0 Å². The Morgan fingerprint density at radius 2 is 0.833 bits per heavy atom. The highest BCUT2D eigenvalue weighted by Gasteiger charge is 2.46. The van der Waals surface area contributed by atoms with Gasteiger partial charge < -0.3 is 0 Å². The lowest BCUT2D eigenvalue weighted by Gasteiger charge is -2.28. The molecule has 0 spiro atoms. The zero-order valence-corrected chi connectivity index (χ0v) is 9.32. The van der Waals surface area contributed by atoms with Crippen LogP contribution in [-0.4, -0.2) is 10.3 Å². The summed E-state index contributed by atoms with van der Waals surface area (Å²) in [5.41, 5.74) is 0. The molecule has 0 aliphatic carbocycles. The summed E-state index contributed by atoms with van der Waals surface area (Å²) in [7, 11) is -5.50. The third-order valence-electron chi connectivity index (χ3n) is 2.41. The first-order valence-corrected chi connectivity index (χ1v) is 5.78. The van der Waals surface area contributed by atoms with Crippen molar-refractivity contribution in [1.82, 2.24) is 0 Å². The molecule has 0 aromatic carbocycles. The third kappa shape index (κ3) is 1.75. The van der Waals surface area contributed by atoms with Gasteiger partial charge in [-0.05, 0) is 27.7 Å². The van der Waals surface area contributed by atoms with Gasteiger partial charge in [0.1, 0.15) is 0 Å². The largest absolute Gasteiger partial charge is 0.322 e. The fourth-order valence-corrected chi connectivity index (χ4v) is 1.83. The highest BCUT2D eigenvalue weighted by atomic mass is 31.1. The zero-order valence-electron chi connectivity index (χ0n) is 7.53. The van der Waals surface area contributed by atoms with E-state index in [-0.39, 0.29) is 0 Å². The number of rotatable bonds is 3. The molecule has 0 atom stereocenters. The minimum absolute atomic E-state index is 1.22. The highest BCUT2D eigenvalue weighted by molar-refractivity contribution is 7.38. The van der Waals surface area contributed by atoms with E-state index in [9.17, 15) is 18.3 Å². The first-order chi connectivity index (χ1) is 5.14. The summed E-state index contributed by atoms with van der Waals surface area (Å²) in [6, 6.07) is 0. The molecule has 0 aliphatic rings. The maximum atomic E-state index is 10.7. The zero-order chi connectivity index (χ0) is 10.2. The summed E-state index contributed by atoms with van der Waals surface area (Å²) in [6.07, 6.45) is 0. The normalized spacial score (nSPS) is 12.7. The van der Waals surface area contributed by atoms with E-state index in [0.717, 1.165) is 0 Å². The minimum atomic E-state index is -2.75. The van der Waals surface area contributed by atoms with Gasteiger partial charge in [0.15, 0.2) is 0 Å². The molecule has 0 N–H and O–H groups in total. The third-order valence-corrected chi connectivity index (χ3v) is 5.53. The van der Waals surface area contributed by atoms with E-state index < -0.39 is 25.7 Å². The summed E-state index contributed by atoms with van der Waals surface area (Å²) in [4.78, 5) is 0. The van der Waals surface area contributed by atoms with Crippen molar-refractivity contribution in [3.8, 4) is 0 Å². The Labute approximate surface area is 72.4 Å². The van der Waals surface area contributed by atoms with Crippen LogP contribution in [0.4, 0.5) is 0 Å². The molecular weight excluding hydrogens is 198 g/mol. The molecule has 0 saturated heterocycles. The molecular formula is C6H12O4P2. The second-order valence-corrected chi connectivity index (χ2v) is 6.90. The van der Waals surface area contributed by atoms with E-state index in [1.807, 2.05) is 0 Å². The molecule has 0 heterocycles. The summed E-state index contributed by atoms with van der Waals surface area (Å²) in [6.45, 7) is 5.63. The molecule has 0 aromatic heterocycles. The number of hydrogen-bond acceptors (Lipinski definition) is 4.